The maximum atomic E-state index is 11.6. The SMILES string of the molecule is COC(=O)c1ccc(N2CC(O)=C(c3nc4ccc(OC)cc4[nH]3)C2=N)cc1. The number of nitrogens with one attached hydrogen (secondary N) is 2. The van der Waals surface area contributed by atoms with Crippen LogP contribution in [0.25, 0.3) is 16.6 Å². The fourth-order valence-electron chi connectivity index (χ4n) is 3.18. The second kappa shape index (κ2) is 6.73. The standard InChI is InChI=1S/C20H18N4O4/c1-27-13-7-8-14-15(9-13)23-19(22-14)17-16(25)10-24(18(17)21)12-5-3-11(4-6-12)20(26)28-2/h3-9,21,25H,10H2,1-2H3,(H,22,23). The lowest BCUT2D eigenvalue weighted by atomic mass is 10.2. The van der Waals surface area contributed by atoms with Gasteiger partial charge in [0.05, 0.1) is 42.9 Å². The molecule has 28 heavy (non-hydrogen) atoms. The van der Waals surface area contributed by atoms with Crippen molar-refractivity contribution in [2.45, 2.75) is 0 Å². The summed E-state index contributed by atoms with van der Waals surface area (Å²) < 4.78 is 9.91. The van der Waals surface area contributed by atoms with E-state index in [1.807, 2.05) is 12.1 Å². The van der Waals surface area contributed by atoms with E-state index in [1.54, 1.807) is 42.3 Å². The molecule has 2 heterocycles. The number of methoxy groups -OCH3 is 2. The van der Waals surface area contributed by atoms with Crippen LogP contribution in [0.2, 0.25) is 0 Å². The van der Waals surface area contributed by atoms with E-state index in [0.717, 1.165) is 5.52 Å². The number of nitrogens with zero attached hydrogens (tertiary/aromatic N) is 2. The third-order valence-corrected chi connectivity index (χ3v) is 4.63. The number of aliphatic hydroxyl groups is 1. The Morgan fingerprint density at radius 2 is 1.96 bits per heavy atom. The predicted molar refractivity (Wildman–Crippen MR) is 105 cm³/mol. The summed E-state index contributed by atoms with van der Waals surface area (Å²) in [5.74, 6) is 0.846. The van der Waals surface area contributed by atoms with E-state index >= 15 is 0 Å². The number of hydrogen-bond donors (Lipinski definition) is 3. The summed E-state index contributed by atoms with van der Waals surface area (Å²) in [6.45, 7) is 0.145. The lowest BCUT2D eigenvalue weighted by Crippen LogP contribution is -2.26. The maximum absolute atomic E-state index is 11.6. The first-order valence-electron chi connectivity index (χ1n) is 8.53. The molecule has 4 rings (SSSR count). The van der Waals surface area contributed by atoms with E-state index in [4.69, 9.17) is 14.9 Å². The molecule has 8 nitrogen and oxygen atoms in total. The molecule has 0 aliphatic carbocycles. The van der Waals surface area contributed by atoms with Gasteiger partial charge in [0.1, 0.15) is 23.2 Å². The average Bonchev–Trinajstić information content (AvgIpc) is 3.26. The van der Waals surface area contributed by atoms with Crippen molar-refractivity contribution in [3.05, 3.63) is 59.6 Å². The molecule has 0 saturated carbocycles. The number of amidine groups is 1. The topological polar surface area (TPSA) is 112 Å². The summed E-state index contributed by atoms with van der Waals surface area (Å²) in [4.78, 5) is 20.9. The number of aliphatic hydroxyl groups excluding tert-OH is 1. The molecule has 3 N–H and O–H groups in total. The maximum Gasteiger partial charge on any atom is 0.337 e. The molecule has 1 aliphatic rings. The number of aromatic nitrogens is 2. The molecule has 1 aliphatic heterocycles. The summed E-state index contributed by atoms with van der Waals surface area (Å²) >= 11 is 0. The highest BCUT2D eigenvalue weighted by Gasteiger charge is 2.31. The smallest absolute Gasteiger partial charge is 0.337 e. The molecule has 142 valence electrons. The monoisotopic (exact) mass is 378 g/mol. The Morgan fingerprint density at radius 1 is 1.21 bits per heavy atom. The lowest BCUT2D eigenvalue weighted by molar-refractivity contribution is 0.0600. The number of esters is 1. The first-order valence-corrected chi connectivity index (χ1v) is 8.53. The van der Waals surface area contributed by atoms with Gasteiger partial charge in [0, 0.05) is 11.8 Å². The van der Waals surface area contributed by atoms with Gasteiger partial charge < -0.3 is 24.5 Å². The van der Waals surface area contributed by atoms with Gasteiger partial charge in [-0.2, -0.15) is 0 Å². The molecule has 0 unspecified atom stereocenters. The fourth-order valence-corrected chi connectivity index (χ4v) is 3.18. The number of fused-ring (bicyclic) bond motifs is 1. The molecule has 8 heteroatoms. The number of carbonyl (C=O) groups excluding carboxylic acids is 1. The second-order valence-electron chi connectivity index (χ2n) is 6.26. The molecule has 0 spiro atoms. The normalized spacial score (nSPS) is 14.1. The van der Waals surface area contributed by atoms with Crippen molar-refractivity contribution in [1.29, 1.82) is 5.41 Å². The molecular formula is C20H18N4O4. The number of aromatic amines is 1. The summed E-state index contributed by atoms with van der Waals surface area (Å²) in [5, 5.41) is 19.0. The first-order chi connectivity index (χ1) is 13.5. The zero-order valence-electron chi connectivity index (χ0n) is 15.3. The van der Waals surface area contributed by atoms with Crippen molar-refractivity contribution in [3.8, 4) is 5.75 Å². The number of carbonyl (C=O) groups is 1. The summed E-state index contributed by atoms with van der Waals surface area (Å²) in [7, 11) is 2.91. The fraction of sp³-hybridized carbons (Fsp3) is 0.150. The molecule has 3 aromatic rings. The quantitative estimate of drug-likeness (QED) is 0.602. The van der Waals surface area contributed by atoms with Crippen LogP contribution in [0.3, 0.4) is 0 Å². The van der Waals surface area contributed by atoms with Gasteiger partial charge in [0.15, 0.2) is 0 Å². The van der Waals surface area contributed by atoms with Gasteiger partial charge in [-0.15, -0.1) is 0 Å². The van der Waals surface area contributed by atoms with E-state index in [2.05, 4.69) is 9.97 Å². The molecule has 0 radical (unpaired) electrons. The van der Waals surface area contributed by atoms with E-state index in [0.29, 0.717) is 33.9 Å². The minimum Gasteiger partial charge on any atom is -0.509 e. The number of rotatable bonds is 4. The summed E-state index contributed by atoms with van der Waals surface area (Å²) in [5.41, 5.74) is 2.90. The van der Waals surface area contributed by atoms with Gasteiger partial charge in [-0.25, -0.2) is 9.78 Å². The largest absolute Gasteiger partial charge is 0.509 e. The molecule has 2 aromatic carbocycles. The van der Waals surface area contributed by atoms with Crippen molar-refractivity contribution >= 4 is 34.1 Å². The zero-order valence-corrected chi connectivity index (χ0v) is 15.3. The van der Waals surface area contributed by atoms with Gasteiger partial charge in [-0.3, -0.25) is 5.41 Å². The van der Waals surface area contributed by atoms with E-state index in [-0.39, 0.29) is 18.1 Å². The Kier molecular flexibility index (Phi) is 4.23. The highest BCUT2D eigenvalue weighted by Crippen LogP contribution is 2.31. The number of benzene rings is 2. The molecule has 0 fully saturated rings. The molecular weight excluding hydrogens is 360 g/mol. The van der Waals surface area contributed by atoms with Crippen molar-refractivity contribution in [2.24, 2.45) is 0 Å². The second-order valence-corrected chi connectivity index (χ2v) is 6.26. The summed E-state index contributed by atoms with van der Waals surface area (Å²) in [6, 6.07) is 12.1. The Balaban J connectivity index is 1.64. The average molecular weight is 378 g/mol. The van der Waals surface area contributed by atoms with Gasteiger partial charge >= 0.3 is 5.97 Å². The van der Waals surface area contributed by atoms with Crippen LogP contribution in [0, 0.1) is 5.41 Å². The number of anilines is 1. The lowest BCUT2D eigenvalue weighted by Gasteiger charge is -2.18. The highest BCUT2D eigenvalue weighted by atomic mass is 16.5. The number of imidazole rings is 1. The van der Waals surface area contributed by atoms with Crippen LogP contribution >= 0.6 is 0 Å². The van der Waals surface area contributed by atoms with E-state index in [1.165, 1.54) is 7.11 Å². The van der Waals surface area contributed by atoms with Crippen LogP contribution < -0.4 is 9.64 Å². The van der Waals surface area contributed by atoms with Crippen LogP contribution in [-0.2, 0) is 4.74 Å². The van der Waals surface area contributed by atoms with Crippen LogP contribution in [-0.4, -0.2) is 47.6 Å². The minimum absolute atomic E-state index is 0.0491. The minimum atomic E-state index is -0.428. The van der Waals surface area contributed by atoms with Gasteiger partial charge in [-0.05, 0) is 36.4 Å². The third kappa shape index (κ3) is 2.84. The summed E-state index contributed by atoms with van der Waals surface area (Å²) in [6.07, 6.45) is 0. The Morgan fingerprint density at radius 3 is 2.64 bits per heavy atom. The number of ether oxygens (including phenoxy) is 2. The van der Waals surface area contributed by atoms with Crippen molar-refractivity contribution in [2.75, 3.05) is 25.7 Å². The van der Waals surface area contributed by atoms with Crippen LogP contribution in [0.15, 0.2) is 48.2 Å². The molecule has 0 saturated heterocycles. The van der Waals surface area contributed by atoms with Gasteiger partial charge in [0.2, 0.25) is 0 Å². The number of hydrogen-bond acceptors (Lipinski definition) is 6. The highest BCUT2D eigenvalue weighted by molar-refractivity contribution is 6.30. The molecule has 0 bridgehead atoms. The Hall–Kier alpha value is -3.81. The Labute approximate surface area is 160 Å². The third-order valence-electron chi connectivity index (χ3n) is 4.63. The first kappa shape index (κ1) is 17.6. The zero-order chi connectivity index (χ0) is 19.8. The predicted octanol–water partition coefficient (Wildman–Crippen LogP) is 3.12. The van der Waals surface area contributed by atoms with Gasteiger partial charge in [-0.1, -0.05) is 0 Å². The van der Waals surface area contributed by atoms with Gasteiger partial charge in [0.25, 0.3) is 0 Å². The molecule has 1 aromatic heterocycles. The van der Waals surface area contributed by atoms with Crippen molar-refractivity contribution in [3.63, 3.8) is 0 Å². The van der Waals surface area contributed by atoms with Crippen molar-refractivity contribution in [1.82, 2.24) is 9.97 Å². The van der Waals surface area contributed by atoms with Crippen LogP contribution in [0.1, 0.15) is 16.2 Å². The molecule has 0 atom stereocenters. The van der Waals surface area contributed by atoms with E-state index < -0.39 is 5.97 Å². The van der Waals surface area contributed by atoms with Crippen LogP contribution in [0.4, 0.5) is 5.69 Å². The Bertz CT molecular complexity index is 1110. The van der Waals surface area contributed by atoms with Crippen molar-refractivity contribution < 1.29 is 19.4 Å². The molecule has 0 amide bonds. The van der Waals surface area contributed by atoms with E-state index in [9.17, 15) is 9.90 Å². The van der Waals surface area contributed by atoms with Crippen LogP contribution in [0.5, 0.6) is 5.75 Å². The number of H-pyrrole nitrogens is 1.